The van der Waals surface area contributed by atoms with Crippen LogP contribution in [0, 0.1) is 18.8 Å². The summed E-state index contributed by atoms with van der Waals surface area (Å²) >= 11 is 9.33. The number of hydrogen-bond acceptors (Lipinski definition) is 5. The van der Waals surface area contributed by atoms with Crippen molar-refractivity contribution in [2.45, 2.75) is 108 Å². The maximum atomic E-state index is 15.3. The zero-order valence-electron chi connectivity index (χ0n) is 28.9. The van der Waals surface area contributed by atoms with Gasteiger partial charge >= 0.3 is 5.69 Å². The molecule has 4 rings (SSSR count). The molecule has 0 aliphatic rings. The highest BCUT2D eigenvalue weighted by atomic mass is 35.5. The van der Waals surface area contributed by atoms with E-state index in [2.05, 4.69) is 68.8 Å². The number of thioether (sulfide) groups is 1. The highest BCUT2D eigenvalue weighted by Crippen LogP contribution is 2.42. The summed E-state index contributed by atoms with van der Waals surface area (Å²) in [6, 6.07) is 15.8. The lowest BCUT2D eigenvalue weighted by molar-refractivity contribution is 0.0687. The summed E-state index contributed by atoms with van der Waals surface area (Å²) in [4.78, 5) is 40.3. The number of fused-ring (bicyclic) bond motifs is 1. The lowest BCUT2D eigenvalue weighted by atomic mass is 9.94. The second-order valence-electron chi connectivity index (χ2n) is 12.5. The van der Waals surface area contributed by atoms with E-state index in [1.165, 1.54) is 23.5 Å². The van der Waals surface area contributed by atoms with E-state index in [0.717, 1.165) is 78.7 Å². The topological polar surface area (TPSA) is 70.5 Å². The first-order chi connectivity index (χ1) is 22.7. The number of aromatic amines is 1. The van der Waals surface area contributed by atoms with Crippen LogP contribution in [0.15, 0.2) is 68.4 Å². The molecule has 0 spiro atoms. The Balaban J connectivity index is 2.00. The molecule has 0 saturated heterocycles. The van der Waals surface area contributed by atoms with Crippen molar-refractivity contribution in [1.82, 2.24) is 19.3 Å². The Morgan fingerprint density at radius 1 is 0.915 bits per heavy atom. The Morgan fingerprint density at radius 3 is 2.04 bits per heavy atom. The van der Waals surface area contributed by atoms with Gasteiger partial charge in [-0.05, 0) is 67.2 Å². The highest BCUT2D eigenvalue weighted by molar-refractivity contribution is 7.99. The van der Waals surface area contributed by atoms with Gasteiger partial charge in [0.15, 0.2) is 10.8 Å². The summed E-state index contributed by atoms with van der Waals surface area (Å²) in [5, 5.41) is 1.80. The smallest absolute Gasteiger partial charge is 0.334 e. The summed E-state index contributed by atoms with van der Waals surface area (Å²) in [6.07, 6.45) is 8.76. The molecule has 1 amide bonds. The van der Waals surface area contributed by atoms with Crippen LogP contribution in [0.4, 0.5) is 0 Å². The van der Waals surface area contributed by atoms with Gasteiger partial charge in [-0.25, -0.2) is 14.2 Å². The molecule has 2 aromatic carbocycles. The van der Waals surface area contributed by atoms with Crippen LogP contribution >= 0.6 is 35.1 Å². The molecule has 6 nitrogen and oxygen atoms in total. The number of aryl methyl sites for hydroxylation is 1. The van der Waals surface area contributed by atoms with Crippen LogP contribution in [0.25, 0.3) is 16.8 Å². The van der Waals surface area contributed by atoms with Crippen molar-refractivity contribution in [3.63, 3.8) is 0 Å². The van der Waals surface area contributed by atoms with Crippen LogP contribution in [0.3, 0.4) is 0 Å². The Morgan fingerprint density at radius 2 is 1.51 bits per heavy atom. The van der Waals surface area contributed by atoms with Crippen molar-refractivity contribution < 1.29 is 4.79 Å². The van der Waals surface area contributed by atoms with Crippen LogP contribution in [0.5, 0.6) is 0 Å². The molecule has 47 heavy (non-hydrogen) atoms. The van der Waals surface area contributed by atoms with Gasteiger partial charge in [0.25, 0.3) is 5.91 Å². The van der Waals surface area contributed by atoms with Gasteiger partial charge in [-0.3, -0.25) is 9.78 Å². The number of unbranched alkanes of at least 4 members (excludes halogenated alkanes) is 2. The monoisotopic (exact) mass is 694 g/mol. The molecule has 0 fully saturated rings. The van der Waals surface area contributed by atoms with Gasteiger partial charge in [-0.15, -0.1) is 0 Å². The molecule has 9 heteroatoms. The third-order valence-electron chi connectivity index (χ3n) is 8.92. The van der Waals surface area contributed by atoms with E-state index < -0.39 is 0 Å². The van der Waals surface area contributed by atoms with Crippen LogP contribution in [-0.4, -0.2) is 44.0 Å². The number of hydrogen-bond donors (Lipinski definition) is 1. The van der Waals surface area contributed by atoms with Gasteiger partial charge in [-0.1, -0.05) is 138 Å². The van der Waals surface area contributed by atoms with Crippen LogP contribution in [-0.2, 0) is 0 Å². The predicted octanol–water partition coefficient (Wildman–Crippen LogP) is 10.8. The summed E-state index contributed by atoms with van der Waals surface area (Å²) in [5.41, 5.74) is 3.30. The third-order valence-corrected chi connectivity index (χ3v) is 11.0. The lowest BCUT2D eigenvalue weighted by Gasteiger charge is -2.31. The molecule has 0 aliphatic carbocycles. The number of benzene rings is 2. The molecule has 0 radical (unpaired) electrons. The molecule has 2 unspecified atom stereocenters. The Hall–Kier alpha value is -2.68. The average molecular weight is 695 g/mol. The van der Waals surface area contributed by atoms with Gasteiger partial charge in [0.1, 0.15) is 0 Å². The second-order valence-corrected chi connectivity index (χ2v) is 15.2. The number of nitrogens with one attached hydrogen (secondary N) is 1. The zero-order valence-corrected chi connectivity index (χ0v) is 31.3. The van der Waals surface area contributed by atoms with Crippen molar-refractivity contribution in [3.05, 3.63) is 75.2 Å². The van der Waals surface area contributed by atoms with E-state index in [4.69, 9.17) is 16.6 Å². The van der Waals surface area contributed by atoms with E-state index in [9.17, 15) is 4.79 Å². The van der Waals surface area contributed by atoms with Gasteiger partial charge in [-0.2, -0.15) is 0 Å². The zero-order chi connectivity index (χ0) is 33.9. The summed E-state index contributed by atoms with van der Waals surface area (Å²) in [7, 11) is 0. The third kappa shape index (κ3) is 9.48. The van der Waals surface area contributed by atoms with Crippen molar-refractivity contribution in [2.24, 2.45) is 11.8 Å². The Bertz CT molecular complexity index is 1630. The van der Waals surface area contributed by atoms with Crippen LogP contribution in [0.2, 0.25) is 5.02 Å². The van der Waals surface area contributed by atoms with E-state index in [1.54, 1.807) is 4.40 Å². The molecule has 254 valence electrons. The highest BCUT2D eigenvalue weighted by Gasteiger charge is 2.32. The number of rotatable bonds is 18. The maximum absolute atomic E-state index is 15.3. The number of halogens is 1. The SMILES string of the molecule is CCCCC(CC)CN(CC(CC)CCCC)C(=O)c1c(-c2ccc(Cl)cc2)c(Sc2ccc(C)cc2)n2c(=O)[nH]c(SCC)nc12. The van der Waals surface area contributed by atoms with Gasteiger partial charge in [0.2, 0.25) is 0 Å². The summed E-state index contributed by atoms with van der Waals surface area (Å²) < 4.78 is 1.61. The second kappa shape index (κ2) is 18.2. The number of H-pyrrole nitrogens is 1. The molecule has 0 aliphatic heterocycles. The first kappa shape index (κ1) is 37.1. The molecule has 2 aromatic heterocycles. The average Bonchev–Trinajstić information content (AvgIpc) is 3.39. The number of amides is 1. The molecular formula is C38H51ClN4O2S2. The predicted molar refractivity (Wildman–Crippen MR) is 200 cm³/mol. The van der Waals surface area contributed by atoms with E-state index in [1.807, 2.05) is 31.2 Å². The first-order valence-corrected chi connectivity index (χ1v) is 19.5. The van der Waals surface area contributed by atoms with Crippen molar-refractivity contribution in [1.29, 1.82) is 0 Å². The number of carbonyl (C=O) groups is 1. The Labute approximate surface area is 294 Å². The minimum atomic E-state index is -0.301. The number of aromatic nitrogens is 3. The number of nitrogens with zero attached hydrogens (tertiary/aromatic N) is 3. The van der Waals surface area contributed by atoms with Gasteiger partial charge in [0, 0.05) is 28.6 Å². The normalized spacial score (nSPS) is 12.8. The molecule has 0 saturated carbocycles. The lowest BCUT2D eigenvalue weighted by Crippen LogP contribution is -2.39. The number of carbonyl (C=O) groups excluding carboxylic acids is 1. The largest absolute Gasteiger partial charge is 0.338 e. The van der Waals surface area contributed by atoms with E-state index >= 15 is 4.79 Å². The molecule has 4 aromatic rings. The first-order valence-electron chi connectivity index (χ1n) is 17.4. The van der Waals surface area contributed by atoms with E-state index in [-0.39, 0.29) is 11.6 Å². The fraction of sp³-hybridized carbons (Fsp3) is 0.500. The molecular weight excluding hydrogens is 644 g/mol. The minimum Gasteiger partial charge on any atom is -0.338 e. The molecule has 2 atom stereocenters. The summed E-state index contributed by atoms with van der Waals surface area (Å²) in [5.74, 6) is 1.49. The van der Waals surface area contributed by atoms with Crippen molar-refractivity contribution in [3.8, 4) is 11.1 Å². The van der Waals surface area contributed by atoms with Crippen molar-refractivity contribution >= 4 is 46.7 Å². The quantitative estimate of drug-likeness (QED) is 0.105. The fourth-order valence-corrected chi connectivity index (χ4v) is 7.86. The fourth-order valence-electron chi connectivity index (χ4n) is 6.07. The summed E-state index contributed by atoms with van der Waals surface area (Å²) in [6.45, 7) is 14.4. The molecule has 1 N–H and O–H groups in total. The van der Waals surface area contributed by atoms with Crippen LogP contribution in [0.1, 0.15) is 102 Å². The Kier molecular flexibility index (Phi) is 14.4. The molecule has 0 bridgehead atoms. The van der Waals surface area contributed by atoms with Gasteiger partial charge in [0.05, 0.1) is 10.6 Å². The molecule has 2 heterocycles. The van der Waals surface area contributed by atoms with Gasteiger partial charge < -0.3 is 4.90 Å². The maximum Gasteiger partial charge on any atom is 0.334 e. The minimum absolute atomic E-state index is 0.0568. The van der Waals surface area contributed by atoms with Crippen LogP contribution < -0.4 is 5.69 Å². The van der Waals surface area contributed by atoms with E-state index in [0.29, 0.717) is 51.3 Å². The van der Waals surface area contributed by atoms with Crippen molar-refractivity contribution in [2.75, 3.05) is 18.8 Å². The standard InChI is InChI=1S/C38H51ClN4O2S2/c1-7-12-14-27(9-3)24-42(25-28(10-4)15-13-8-2)35(44)33-32(29-18-20-30(39)21-19-29)36(47-31-22-16-26(6)17-23-31)43-34(33)40-37(46-11-5)41-38(43)45/h16-23,27-28H,7-15,24-25H2,1-6H3,(H,40,41,45).